The van der Waals surface area contributed by atoms with Crippen molar-refractivity contribution in [3.8, 4) is 5.75 Å². The van der Waals surface area contributed by atoms with Crippen LogP contribution in [0.2, 0.25) is 0 Å². The maximum atomic E-state index is 12.2. The summed E-state index contributed by atoms with van der Waals surface area (Å²) >= 11 is 6.82. The zero-order chi connectivity index (χ0) is 16.3. The Morgan fingerprint density at radius 2 is 1.59 bits per heavy atom. The molecular weight excluding hydrogens is 410 g/mol. The predicted octanol–water partition coefficient (Wildman–Crippen LogP) is 5.23. The number of nitrogens with one attached hydrogen (secondary N) is 1. The Hall–Kier alpha value is -1.33. The zero-order valence-corrected chi connectivity index (χ0v) is 15.8. The Balaban J connectivity index is 2.07. The smallest absolute Gasteiger partial charge is 0.265 e. The lowest BCUT2D eigenvalue weighted by Gasteiger charge is -2.18. The molecule has 0 aliphatic carbocycles. The molecule has 0 saturated carbocycles. The highest BCUT2D eigenvalue weighted by Gasteiger charge is 2.17. The van der Waals surface area contributed by atoms with Crippen molar-refractivity contribution in [2.75, 3.05) is 5.32 Å². The summed E-state index contributed by atoms with van der Waals surface area (Å²) in [6, 6.07) is 11.4. The van der Waals surface area contributed by atoms with E-state index in [1.165, 1.54) is 0 Å². The van der Waals surface area contributed by atoms with E-state index >= 15 is 0 Å². The lowest BCUT2D eigenvalue weighted by atomic mass is 10.1. The fraction of sp³-hybridized carbons (Fsp3) is 0.235. The predicted molar refractivity (Wildman–Crippen MR) is 96.5 cm³/mol. The molecule has 0 aliphatic heterocycles. The van der Waals surface area contributed by atoms with Gasteiger partial charge in [-0.25, -0.2) is 0 Å². The van der Waals surface area contributed by atoms with Gasteiger partial charge in [-0.1, -0.05) is 31.9 Å². The van der Waals surface area contributed by atoms with Gasteiger partial charge in [0.2, 0.25) is 0 Å². The van der Waals surface area contributed by atoms with Gasteiger partial charge in [-0.3, -0.25) is 4.79 Å². The minimum atomic E-state index is -0.581. The number of aryl methyl sites for hydroxylation is 2. The molecule has 0 saturated heterocycles. The van der Waals surface area contributed by atoms with Crippen LogP contribution < -0.4 is 10.1 Å². The minimum Gasteiger partial charge on any atom is -0.480 e. The van der Waals surface area contributed by atoms with E-state index in [1.807, 2.05) is 50.2 Å². The van der Waals surface area contributed by atoms with Crippen LogP contribution in [0.1, 0.15) is 18.1 Å². The second kappa shape index (κ2) is 7.29. The number of carbonyl (C=O) groups is 1. The Labute approximate surface area is 147 Å². The average molecular weight is 427 g/mol. The molecule has 0 heterocycles. The van der Waals surface area contributed by atoms with Crippen molar-refractivity contribution in [1.82, 2.24) is 0 Å². The van der Waals surface area contributed by atoms with E-state index in [0.717, 1.165) is 31.5 Å². The van der Waals surface area contributed by atoms with Crippen LogP contribution >= 0.6 is 31.9 Å². The first kappa shape index (κ1) is 17.0. The number of hydrogen-bond donors (Lipinski definition) is 1. The molecule has 1 atom stereocenters. The summed E-state index contributed by atoms with van der Waals surface area (Å²) in [6.45, 7) is 5.67. The van der Waals surface area contributed by atoms with Gasteiger partial charge in [0.15, 0.2) is 6.10 Å². The van der Waals surface area contributed by atoms with Gasteiger partial charge in [-0.05, 0) is 68.3 Å². The van der Waals surface area contributed by atoms with Gasteiger partial charge < -0.3 is 10.1 Å². The van der Waals surface area contributed by atoms with E-state index in [9.17, 15) is 4.79 Å². The van der Waals surface area contributed by atoms with Gasteiger partial charge in [0.1, 0.15) is 5.75 Å². The molecule has 2 aromatic carbocycles. The molecule has 5 heteroatoms. The number of hydrogen-bond acceptors (Lipinski definition) is 2. The van der Waals surface area contributed by atoms with E-state index in [-0.39, 0.29) is 5.91 Å². The summed E-state index contributed by atoms with van der Waals surface area (Å²) in [4.78, 5) is 12.2. The molecule has 22 heavy (non-hydrogen) atoms. The molecule has 3 nitrogen and oxygen atoms in total. The summed E-state index contributed by atoms with van der Waals surface area (Å²) in [5.41, 5.74) is 2.73. The monoisotopic (exact) mass is 425 g/mol. The van der Waals surface area contributed by atoms with Crippen molar-refractivity contribution >= 4 is 43.5 Å². The fourth-order valence-electron chi connectivity index (χ4n) is 2.09. The molecule has 0 aliphatic rings. The first-order valence-electron chi connectivity index (χ1n) is 6.86. The van der Waals surface area contributed by atoms with Crippen LogP contribution in [0, 0.1) is 13.8 Å². The van der Waals surface area contributed by atoms with Crippen molar-refractivity contribution in [1.29, 1.82) is 0 Å². The van der Waals surface area contributed by atoms with E-state index in [2.05, 4.69) is 37.2 Å². The molecule has 0 spiro atoms. The van der Waals surface area contributed by atoms with E-state index in [1.54, 1.807) is 6.92 Å². The van der Waals surface area contributed by atoms with E-state index in [4.69, 9.17) is 4.74 Å². The highest BCUT2D eigenvalue weighted by atomic mass is 79.9. The van der Waals surface area contributed by atoms with Crippen molar-refractivity contribution < 1.29 is 9.53 Å². The second-order valence-electron chi connectivity index (χ2n) is 5.12. The molecule has 2 rings (SSSR count). The van der Waals surface area contributed by atoms with Crippen LogP contribution in [0.3, 0.4) is 0 Å². The maximum Gasteiger partial charge on any atom is 0.265 e. The highest BCUT2D eigenvalue weighted by Crippen LogP contribution is 2.28. The molecule has 0 radical (unpaired) electrons. The van der Waals surface area contributed by atoms with Crippen molar-refractivity contribution in [2.24, 2.45) is 0 Å². The van der Waals surface area contributed by atoms with Gasteiger partial charge in [-0.2, -0.15) is 0 Å². The number of anilines is 1. The van der Waals surface area contributed by atoms with Crippen LogP contribution in [0.25, 0.3) is 0 Å². The topological polar surface area (TPSA) is 38.3 Å². The Bertz CT molecular complexity index is 661. The number of amides is 1. The summed E-state index contributed by atoms with van der Waals surface area (Å²) < 4.78 is 7.82. The lowest BCUT2D eigenvalue weighted by Crippen LogP contribution is -2.30. The van der Waals surface area contributed by atoms with Gasteiger partial charge in [-0.15, -0.1) is 0 Å². The van der Waals surface area contributed by atoms with Crippen LogP contribution in [0.5, 0.6) is 5.75 Å². The number of carbonyl (C=O) groups excluding carboxylic acids is 1. The minimum absolute atomic E-state index is 0.177. The number of rotatable bonds is 4. The zero-order valence-electron chi connectivity index (χ0n) is 12.6. The quantitative estimate of drug-likeness (QED) is 0.726. The Morgan fingerprint density at radius 3 is 2.14 bits per heavy atom. The van der Waals surface area contributed by atoms with Crippen LogP contribution in [-0.2, 0) is 4.79 Å². The van der Waals surface area contributed by atoms with Gasteiger partial charge in [0.05, 0.1) is 0 Å². The molecule has 116 valence electrons. The summed E-state index contributed by atoms with van der Waals surface area (Å²) in [5, 5.41) is 2.85. The van der Waals surface area contributed by atoms with Crippen molar-refractivity contribution in [2.45, 2.75) is 26.9 Å². The number of halogens is 2. The molecule has 1 unspecified atom stereocenters. The van der Waals surface area contributed by atoms with E-state index in [0.29, 0.717) is 0 Å². The van der Waals surface area contributed by atoms with Gasteiger partial charge in [0.25, 0.3) is 5.91 Å². The van der Waals surface area contributed by atoms with Crippen LogP contribution in [0.4, 0.5) is 5.69 Å². The van der Waals surface area contributed by atoms with E-state index < -0.39 is 6.10 Å². The third kappa shape index (κ3) is 4.34. The van der Waals surface area contributed by atoms with Gasteiger partial charge in [0, 0.05) is 14.6 Å². The third-order valence-corrected chi connectivity index (χ3v) is 4.19. The largest absolute Gasteiger partial charge is 0.480 e. The standard InChI is InChI=1S/C17H17Br2NO2/c1-10-8-14(19)9-11(2)16(10)22-12(3)17(21)20-15-6-4-13(18)5-7-15/h4-9,12H,1-3H3,(H,20,21). The molecule has 1 N–H and O–H groups in total. The Kier molecular flexibility index (Phi) is 5.64. The normalized spacial score (nSPS) is 11.9. The lowest BCUT2D eigenvalue weighted by molar-refractivity contribution is -0.122. The second-order valence-corrected chi connectivity index (χ2v) is 6.96. The average Bonchev–Trinajstić information content (AvgIpc) is 2.45. The molecule has 2 aromatic rings. The summed E-state index contributed by atoms with van der Waals surface area (Å²) in [7, 11) is 0. The molecule has 0 bridgehead atoms. The van der Waals surface area contributed by atoms with Crippen molar-refractivity contribution in [3.05, 3.63) is 56.5 Å². The SMILES string of the molecule is Cc1cc(Br)cc(C)c1OC(C)C(=O)Nc1ccc(Br)cc1. The number of benzene rings is 2. The molecule has 0 aromatic heterocycles. The summed E-state index contributed by atoms with van der Waals surface area (Å²) in [5.74, 6) is 0.575. The first-order chi connectivity index (χ1) is 10.4. The first-order valence-corrected chi connectivity index (χ1v) is 8.45. The van der Waals surface area contributed by atoms with Crippen LogP contribution in [0.15, 0.2) is 45.3 Å². The molecular formula is C17H17Br2NO2. The Morgan fingerprint density at radius 1 is 1.05 bits per heavy atom. The van der Waals surface area contributed by atoms with Crippen LogP contribution in [-0.4, -0.2) is 12.0 Å². The molecule has 1 amide bonds. The fourth-order valence-corrected chi connectivity index (χ4v) is 3.04. The van der Waals surface area contributed by atoms with Crippen molar-refractivity contribution in [3.63, 3.8) is 0 Å². The highest BCUT2D eigenvalue weighted by molar-refractivity contribution is 9.10. The summed E-state index contributed by atoms with van der Waals surface area (Å²) in [6.07, 6.45) is -0.581. The maximum absolute atomic E-state index is 12.2. The number of ether oxygens (including phenoxy) is 1. The van der Waals surface area contributed by atoms with Gasteiger partial charge >= 0.3 is 0 Å². The molecule has 0 fully saturated rings. The third-order valence-electron chi connectivity index (χ3n) is 3.20.